The summed E-state index contributed by atoms with van der Waals surface area (Å²) in [5.74, 6) is 0.220. The maximum Gasteiger partial charge on any atom is 0.337 e. The largest absolute Gasteiger partial charge is 0.465 e. The summed E-state index contributed by atoms with van der Waals surface area (Å²) in [6, 6.07) is 15.1. The van der Waals surface area contributed by atoms with Gasteiger partial charge in [-0.1, -0.05) is 65.1 Å². The van der Waals surface area contributed by atoms with Crippen LogP contribution < -0.4 is 5.32 Å². The number of nitrogens with zero attached hydrogens (tertiary/aromatic N) is 2. The Balaban J connectivity index is 1.50. The van der Waals surface area contributed by atoms with Crippen molar-refractivity contribution in [3.63, 3.8) is 0 Å². The minimum atomic E-state index is -0.352. The number of amides is 1. The SMILES string of the molecule is COC(=O)c1ccc(CSc2nnc(NC(=O)Cc3ccc(C)cc3)s2)cc1. The Morgan fingerprint density at radius 3 is 2.39 bits per heavy atom. The quantitative estimate of drug-likeness (QED) is 0.357. The standard InChI is InChI=1S/C20H19N3O3S2/c1-13-3-5-14(6-4-13)11-17(24)21-19-22-23-20(28-19)27-12-15-7-9-16(10-8-15)18(25)26-2/h3-10H,11-12H2,1-2H3,(H,21,22,24). The number of hydrogen-bond acceptors (Lipinski definition) is 7. The van der Waals surface area contributed by atoms with Gasteiger partial charge >= 0.3 is 5.97 Å². The molecule has 0 aliphatic carbocycles. The Morgan fingerprint density at radius 2 is 1.71 bits per heavy atom. The summed E-state index contributed by atoms with van der Waals surface area (Å²) in [5, 5.41) is 11.4. The highest BCUT2D eigenvalue weighted by Gasteiger charge is 2.10. The van der Waals surface area contributed by atoms with Crippen molar-refractivity contribution in [2.75, 3.05) is 12.4 Å². The maximum atomic E-state index is 12.2. The van der Waals surface area contributed by atoms with E-state index in [0.717, 1.165) is 21.0 Å². The number of aryl methyl sites for hydroxylation is 1. The van der Waals surface area contributed by atoms with E-state index in [1.54, 1.807) is 12.1 Å². The number of hydrogen-bond donors (Lipinski definition) is 1. The first-order valence-corrected chi connectivity index (χ1v) is 10.3. The van der Waals surface area contributed by atoms with Crippen molar-refractivity contribution in [2.45, 2.75) is 23.4 Å². The summed E-state index contributed by atoms with van der Waals surface area (Å²) < 4.78 is 5.45. The Labute approximate surface area is 171 Å². The van der Waals surface area contributed by atoms with Gasteiger partial charge in [-0.3, -0.25) is 4.79 Å². The van der Waals surface area contributed by atoms with Gasteiger partial charge in [0, 0.05) is 5.75 Å². The molecule has 3 rings (SSSR count). The van der Waals surface area contributed by atoms with Gasteiger partial charge in [-0.05, 0) is 30.2 Å². The molecule has 0 aliphatic rings. The van der Waals surface area contributed by atoms with Crippen LogP contribution in [0.5, 0.6) is 0 Å². The summed E-state index contributed by atoms with van der Waals surface area (Å²) in [7, 11) is 1.36. The summed E-state index contributed by atoms with van der Waals surface area (Å²) in [5.41, 5.74) is 3.69. The number of nitrogens with one attached hydrogen (secondary N) is 1. The zero-order chi connectivity index (χ0) is 19.9. The fourth-order valence-corrected chi connectivity index (χ4v) is 4.10. The molecule has 3 aromatic rings. The Hall–Kier alpha value is -2.71. The van der Waals surface area contributed by atoms with Gasteiger partial charge in [0.2, 0.25) is 11.0 Å². The van der Waals surface area contributed by atoms with Crippen LogP contribution in [-0.2, 0) is 21.7 Å². The van der Waals surface area contributed by atoms with Crippen LogP contribution in [-0.4, -0.2) is 29.2 Å². The monoisotopic (exact) mass is 413 g/mol. The van der Waals surface area contributed by atoms with Gasteiger partial charge in [-0.25, -0.2) is 4.79 Å². The zero-order valence-corrected chi connectivity index (χ0v) is 17.1. The van der Waals surface area contributed by atoms with E-state index < -0.39 is 0 Å². The molecule has 0 radical (unpaired) electrons. The van der Waals surface area contributed by atoms with E-state index in [9.17, 15) is 9.59 Å². The molecule has 2 aromatic carbocycles. The number of carbonyl (C=O) groups is 2. The molecule has 28 heavy (non-hydrogen) atoms. The molecular weight excluding hydrogens is 394 g/mol. The molecule has 1 heterocycles. The lowest BCUT2D eigenvalue weighted by atomic mass is 10.1. The van der Waals surface area contributed by atoms with E-state index in [2.05, 4.69) is 20.3 Å². The average molecular weight is 414 g/mol. The number of carbonyl (C=O) groups excluding carboxylic acids is 2. The summed E-state index contributed by atoms with van der Waals surface area (Å²) in [4.78, 5) is 23.6. The van der Waals surface area contributed by atoms with E-state index in [1.807, 2.05) is 43.3 Å². The van der Waals surface area contributed by atoms with Gasteiger partial charge in [0.15, 0.2) is 4.34 Å². The lowest BCUT2D eigenvalue weighted by Gasteiger charge is -2.02. The van der Waals surface area contributed by atoms with Gasteiger partial charge in [-0.2, -0.15) is 0 Å². The highest BCUT2D eigenvalue weighted by Crippen LogP contribution is 2.28. The van der Waals surface area contributed by atoms with E-state index >= 15 is 0 Å². The summed E-state index contributed by atoms with van der Waals surface area (Å²) >= 11 is 2.86. The first kappa shape index (κ1) is 20.0. The maximum absolute atomic E-state index is 12.2. The van der Waals surface area contributed by atoms with Gasteiger partial charge in [0.05, 0.1) is 19.1 Å². The lowest BCUT2D eigenvalue weighted by molar-refractivity contribution is -0.115. The minimum Gasteiger partial charge on any atom is -0.465 e. The zero-order valence-electron chi connectivity index (χ0n) is 15.5. The van der Waals surface area contributed by atoms with Crippen LogP contribution >= 0.6 is 23.1 Å². The topological polar surface area (TPSA) is 81.2 Å². The third-order valence-electron chi connectivity index (χ3n) is 3.88. The second-order valence-corrected chi connectivity index (χ2v) is 8.26. The van der Waals surface area contributed by atoms with E-state index in [1.165, 1.54) is 30.2 Å². The molecule has 0 fully saturated rings. The molecule has 0 aliphatic heterocycles. The molecule has 6 nitrogen and oxygen atoms in total. The molecule has 8 heteroatoms. The number of thioether (sulfide) groups is 1. The van der Waals surface area contributed by atoms with Crippen molar-refractivity contribution in [1.29, 1.82) is 0 Å². The first-order valence-electron chi connectivity index (χ1n) is 8.52. The van der Waals surface area contributed by atoms with E-state index in [0.29, 0.717) is 22.9 Å². The van der Waals surface area contributed by atoms with E-state index in [-0.39, 0.29) is 11.9 Å². The second-order valence-electron chi connectivity index (χ2n) is 6.06. The third kappa shape index (κ3) is 5.64. The Kier molecular flexibility index (Phi) is 6.78. The van der Waals surface area contributed by atoms with Crippen LogP contribution in [0.25, 0.3) is 0 Å². The van der Waals surface area contributed by atoms with Gasteiger partial charge in [0.1, 0.15) is 0 Å². The van der Waals surface area contributed by atoms with E-state index in [4.69, 9.17) is 0 Å². The third-order valence-corrected chi connectivity index (χ3v) is 5.92. The smallest absolute Gasteiger partial charge is 0.337 e. The summed E-state index contributed by atoms with van der Waals surface area (Å²) in [6.07, 6.45) is 0.300. The predicted molar refractivity (Wildman–Crippen MR) is 111 cm³/mol. The van der Waals surface area contributed by atoms with Gasteiger partial charge in [-0.15, -0.1) is 10.2 Å². The molecule has 1 amide bonds. The molecule has 1 N–H and O–H groups in total. The van der Waals surface area contributed by atoms with Crippen LogP contribution in [0.15, 0.2) is 52.9 Å². The van der Waals surface area contributed by atoms with Gasteiger partial charge < -0.3 is 10.1 Å². The predicted octanol–water partition coefficient (Wildman–Crippen LogP) is 4.11. The van der Waals surface area contributed by atoms with Crippen molar-refractivity contribution in [2.24, 2.45) is 0 Å². The minimum absolute atomic E-state index is 0.116. The lowest BCUT2D eigenvalue weighted by Crippen LogP contribution is -2.14. The first-order chi connectivity index (χ1) is 13.5. The normalized spacial score (nSPS) is 10.5. The fourth-order valence-electron chi connectivity index (χ4n) is 2.37. The van der Waals surface area contributed by atoms with Crippen LogP contribution in [0, 0.1) is 6.92 Å². The molecule has 1 aromatic heterocycles. The molecule has 0 saturated heterocycles. The van der Waals surface area contributed by atoms with Crippen molar-refractivity contribution in [3.8, 4) is 0 Å². The van der Waals surface area contributed by atoms with Crippen LogP contribution in [0.4, 0.5) is 5.13 Å². The van der Waals surface area contributed by atoms with Gasteiger partial charge in [0.25, 0.3) is 0 Å². The molecule has 0 unspecified atom stereocenters. The number of ether oxygens (including phenoxy) is 1. The van der Waals surface area contributed by atoms with Crippen molar-refractivity contribution in [1.82, 2.24) is 10.2 Å². The highest BCUT2D eigenvalue weighted by molar-refractivity contribution is 8.00. The van der Waals surface area contributed by atoms with Crippen molar-refractivity contribution < 1.29 is 14.3 Å². The highest BCUT2D eigenvalue weighted by atomic mass is 32.2. The number of anilines is 1. The Bertz CT molecular complexity index is 954. The molecular formula is C20H19N3O3S2. The van der Waals surface area contributed by atoms with Crippen LogP contribution in [0.3, 0.4) is 0 Å². The van der Waals surface area contributed by atoms with Crippen molar-refractivity contribution in [3.05, 3.63) is 70.8 Å². The Morgan fingerprint density at radius 1 is 1.04 bits per heavy atom. The number of esters is 1. The number of rotatable bonds is 7. The second kappa shape index (κ2) is 9.48. The fraction of sp³-hybridized carbons (Fsp3) is 0.200. The molecule has 0 spiro atoms. The molecule has 144 valence electrons. The number of benzene rings is 2. The number of methoxy groups -OCH3 is 1. The average Bonchev–Trinajstić information content (AvgIpc) is 3.15. The van der Waals surface area contributed by atoms with Crippen LogP contribution in [0.2, 0.25) is 0 Å². The molecule has 0 atom stereocenters. The molecule has 0 bridgehead atoms. The summed E-state index contributed by atoms with van der Waals surface area (Å²) in [6.45, 7) is 2.01. The molecule has 0 saturated carbocycles. The number of aromatic nitrogens is 2. The van der Waals surface area contributed by atoms with Crippen molar-refractivity contribution >= 4 is 40.1 Å². The van der Waals surface area contributed by atoms with Crippen LogP contribution in [0.1, 0.15) is 27.0 Å².